The molecule has 26 heavy (non-hydrogen) atoms. The van der Waals surface area contributed by atoms with Crippen molar-refractivity contribution >= 4 is 11.8 Å². The van der Waals surface area contributed by atoms with Crippen molar-refractivity contribution in [2.24, 2.45) is 0 Å². The molecule has 0 spiro atoms. The van der Waals surface area contributed by atoms with Gasteiger partial charge in [0.1, 0.15) is 6.61 Å². The van der Waals surface area contributed by atoms with Gasteiger partial charge in [0.05, 0.1) is 6.04 Å². The number of nitrogens with one attached hydrogen (secondary N) is 1. The Morgan fingerprint density at radius 2 is 1.96 bits per heavy atom. The fourth-order valence-electron chi connectivity index (χ4n) is 3.31. The molecule has 0 unspecified atom stereocenters. The minimum atomic E-state index is -0.755. The molecule has 7 nitrogen and oxygen atoms in total. The standard InChI is InChI=1S/C19H20N4O3/c24-16-12-26-18(19(25)22-10-13-3-1-7-20-9-13)17(23(16)15-5-6-15)14-4-2-8-21-11-14/h1-4,7-9,11,15,17-18H,5-6,10,12H2,(H,22,25)/t17-,18+/m1/s1. The summed E-state index contributed by atoms with van der Waals surface area (Å²) in [6.45, 7) is 0.294. The first-order valence-corrected chi connectivity index (χ1v) is 8.73. The van der Waals surface area contributed by atoms with Crippen molar-refractivity contribution in [1.82, 2.24) is 20.2 Å². The van der Waals surface area contributed by atoms with E-state index in [1.54, 1.807) is 24.8 Å². The molecule has 1 saturated heterocycles. The van der Waals surface area contributed by atoms with Crippen molar-refractivity contribution in [2.45, 2.75) is 37.6 Å². The van der Waals surface area contributed by atoms with E-state index in [1.165, 1.54) is 0 Å². The molecule has 0 bridgehead atoms. The molecule has 1 aliphatic heterocycles. The number of ether oxygens (including phenoxy) is 1. The van der Waals surface area contributed by atoms with Crippen LogP contribution in [0.1, 0.15) is 30.0 Å². The van der Waals surface area contributed by atoms with Gasteiger partial charge < -0.3 is 15.0 Å². The number of hydrogen-bond acceptors (Lipinski definition) is 5. The fourth-order valence-corrected chi connectivity index (χ4v) is 3.31. The van der Waals surface area contributed by atoms with Crippen LogP contribution in [0.3, 0.4) is 0 Å². The molecule has 2 aromatic heterocycles. The number of rotatable bonds is 5. The molecule has 2 fully saturated rings. The van der Waals surface area contributed by atoms with E-state index in [9.17, 15) is 9.59 Å². The monoisotopic (exact) mass is 352 g/mol. The Bertz CT molecular complexity index is 780. The summed E-state index contributed by atoms with van der Waals surface area (Å²) in [5.41, 5.74) is 1.72. The number of amides is 2. The maximum absolute atomic E-state index is 12.8. The molecule has 4 rings (SSSR count). The molecule has 0 aromatic carbocycles. The van der Waals surface area contributed by atoms with E-state index in [0.29, 0.717) is 6.54 Å². The van der Waals surface area contributed by atoms with Crippen LogP contribution < -0.4 is 5.32 Å². The SMILES string of the molecule is O=C(NCc1cccnc1)[C@H]1OCC(=O)N(C2CC2)[C@@H]1c1cccnc1. The number of pyridine rings is 2. The number of morpholine rings is 1. The predicted octanol–water partition coefficient (Wildman–Crippen LogP) is 1.22. The number of nitrogens with zero attached hydrogens (tertiary/aromatic N) is 3. The van der Waals surface area contributed by atoms with Crippen molar-refractivity contribution in [1.29, 1.82) is 0 Å². The first-order chi connectivity index (χ1) is 12.7. The molecule has 1 saturated carbocycles. The van der Waals surface area contributed by atoms with Gasteiger partial charge in [0.25, 0.3) is 5.91 Å². The van der Waals surface area contributed by atoms with Crippen LogP contribution in [0.5, 0.6) is 0 Å². The lowest BCUT2D eigenvalue weighted by Crippen LogP contribution is -2.55. The van der Waals surface area contributed by atoms with Gasteiger partial charge in [-0.1, -0.05) is 12.1 Å². The topological polar surface area (TPSA) is 84.4 Å². The van der Waals surface area contributed by atoms with Crippen molar-refractivity contribution < 1.29 is 14.3 Å². The maximum Gasteiger partial charge on any atom is 0.251 e. The number of hydrogen-bond donors (Lipinski definition) is 1. The van der Waals surface area contributed by atoms with E-state index in [1.807, 2.05) is 29.2 Å². The minimum absolute atomic E-state index is 0.0712. The lowest BCUT2D eigenvalue weighted by atomic mass is 9.98. The summed E-state index contributed by atoms with van der Waals surface area (Å²) in [6.07, 6.45) is 7.94. The van der Waals surface area contributed by atoms with Crippen LogP contribution in [-0.4, -0.2) is 45.4 Å². The molecule has 2 aliphatic rings. The second-order valence-electron chi connectivity index (χ2n) is 6.57. The van der Waals surface area contributed by atoms with E-state index in [-0.39, 0.29) is 24.5 Å². The molecule has 2 amide bonds. The lowest BCUT2D eigenvalue weighted by molar-refractivity contribution is -0.165. The zero-order chi connectivity index (χ0) is 17.9. The first kappa shape index (κ1) is 16.7. The molecule has 1 N–H and O–H groups in total. The molecule has 134 valence electrons. The van der Waals surface area contributed by atoms with Crippen molar-refractivity contribution in [3.8, 4) is 0 Å². The maximum atomic E-state index is 12.8. The van der Waals surface area contributed by atoms with Crippen LogP contribution >= 0.6 is 0 Å². The normalized spacial score (nSPS) is 22.9. The highest BCUT2D eigenvalue weighted by molar-refractivity contribution is 5.86. The Hall–Kier alpha value is -2.80. The predicted molar refractivity (Wildman–Crippen MR) is 92.7 cm³/mol. The second-order valence-corrected chi connectivity index (χ2v) is 6.57. The summed E-state index contributed by atoms with van der Waals surface area (Å²) >= 11 is 0. The molecular weight excluding hydrogens is 332 g/mol. The van der Waals surface area contributed by atoms with E-state index in [4.69, 9.17) is 4.74 Å². The van der Waals surface area contributed by atoms with Gasteiger partial charge in [-0.05, 0) is 36.1 Å². The third kappa shape index (κ3) is 3.43. The zero-order valence-electron chi connectivity index (χ0n) is 14.2. The lowest BCUT2D eigenvalue weighted by Gasteiger charge is -2.40. The van der Waals surface area contributed by atoms with E-state index in [2.05, 4.69) is 15.3 Å². The van der Waals surface area contributed by atoms with Crippen LogP contribution in [0.4, 0.5) is 0 Å². The molecule has 0 radical (unpaired) electrons. The Balaban J connectivity index is 1.56. The smallest absolute Gasteiger partial charge is 0.251 e. The first-order valence-electron chi connectivity index (χ1n) is 8.73. The summed E-state index contributed by atoms with van der Waals surface area (Å²) in [5, 5.41) is 2.90. The van der Waals surface area contributed by atoms with Gasteiger partial charge in [0.15, 0.2) is 6.10 Å². The number of aromatic nitrogens is 2. The summed E-state index contributed by atoms with van der Waals surface area (Å²) in [7, 11) is 0. The largest absolute Gasteiger partial charge is 0.356 e. The molecular formula is C19H20N4O3. The summed E-state index contributed by atoms with van der Waals surface area (Å²) < 4.78 is 5.67. The highest BCUT2D eigenvalue weighted by atomic mass is 16.5. The van der Waals surface area contributed by atoms with Crippen LogP contribution in [0, 0.1) is 0 Å². The van der Waals surface area contributed by atoms with Gasteiger partial charge in [-0.15, -0.1) is 0 Å². The van der Waals surface area contributed by atoms with Crippen LogP contribution in [0.15, 0.2) is 49.1 Å². The summed E-state index contributed by atoms with van der Waals surface area (Å²) in [6, 6.07) is 7.15. The van der Waals surface area contributed by atoms with E-state index in [0.717, 1.165) is 24.0 Å². The Labute approximate surface area is 151 Å². The van der Waals surface area contributed by atoms with Crippen LogP contribution in [0.25, 0.3) is 0 Å². The van der Waals surface area contributed by atoms with Gasteiger partial charge in [-0.25, -0.2) is 0 Å². The average molecular weight is 352 g/mol. The number of carbonyl (C=O) groups is 2. The van der Waals surface area contributed by atoms with Crippen molar-refractivity contribution in [2.75, 3.05) is 6.61 Å². The average Bonchev–Trinajstić information content (AvgIpc) is 3.52. The van der Waals surface area contributed by atoms with Gasteiger partial charge >= 0.3 is 0 Å². The molecule has 7 heteroatoms. The molecule has 1 aliphatic carbocycles. The Morgan fingerprint density at radius 1 is 1.19 bits per heavy atom. The second kappa shape index (κ2) is 7.21. The molecule has 3 heterocycles. The van der Waals surface area contributed by atoms with Gasteiger partial charge in [-0.2, -0.15) is 0 Å². The van der Waals surface area contributed by atoms with E-state index < -0.39 is 12.1 Å². The van der Waals surface area contributed by atoms with Gasteiger partial charge in [-0.3, -0.25) is 19.6 Å². The molecule has 2 aromatic rings. The Kier molecular flexibility index (Phi) is 4.62. The fraction of sp³-hybridized carbons (Fsp3) is 0.368. The molecule has 2 atom stereocenters. The van der Waals surface area contributed by atoms with Crippen molar-refractivity contribution in [3.63, 3.8) is 0 Å². The quantitative estimate of drug-likeness (QED) is 0.875. The summed E-state index contributed by atoms with van der Waals surface area (Å²) in [4.78, 5) is 35.3. The highest BCUT2D eigenvalue weighted by Crippen LogP contribution is 2.39. The van der Waals surface area contributed by atoms with Gasteiger partial charge in [0, 0.05) is 37.4 Å². The van der Waals surface area contributed by atoms with E-state index >= 15 is 0 Å². The summed E-state index contributed by atoms with van der Waals surface area (Å²) in [5.74, 6) is -0.307. The Morgan fingerprint density at radius 3 is 2.62 bits per heavy atom. The zero-order valence-corrected chi connectivity index (χ0v) is 14.2. The van der Waals surface area contributed by atoms with Crippen molar-refractivity contribution in [3.05, 3.63) is 60.2 Å². The number of carbonyl (C=O) groups excluding carboxylic acids is 2. The third-order valence-corrected chi connectivity index (χ3v) is 4.67. The third-order valence-electron chi connectivity index (χ3n) is 4.67. The highest BCUT2D eigenvalue weighted by Gasteiger charge is 2.47. The van der Waals surface area contributed by atoms with Crippen LogP contribution in [0.2, 0.25) is 0 Å². The van der Waals surface area contributed by atoms with Crippen LogP contribution in [-0.2, 0) is 20.9 Å². The van der Waals surface area contributed by atoms with Gasteiger partial charge in [0.2, 0.25) is 5.91 Å². The minimum Gasteiger partial charge on any atom is -0.356 e.